The molecule has 1 aromatic rings. The monoisotopic (exact) mass is 248 g/mol. The van der Waals surface area contributed by atoms with E-state index in [1.54, 1.807) is 0 Å². The van der Waals surface area contributed by atoms with Crippen molar-refractivity contribution >= 4 is 5.69 Å². The van der Waals surface area contributed by atoms with Crippen LogP contribution in [-0.2, 0) is 0 Å². The average Bonchev–Trinajstić information content (AvgIpc) is 2.30. The smallest absolute Gasteiger partial charge is 0.122 e. The standard InChI is InChI=1S/C15H24N2O/c1-4-18-15-6-5-14(7-11(15)2)17(3)10-12-8-13(16)9-12/h5-7,12-13H,4,8-10,16H2,1-3H3. The van der Waals surface area contributed by atoms with Gasteiger partial charge in [-0.15, -0.1) is 0 Å². The van der Waals surface area contributed by atoms with Crippen LogP contribution in [0, 0.1) is 12.8 Å². The Morgan fingerprint density at radius 1 is 1.39 bits per heavy atom. The molecule has 0 aromatic heterocycles. The van der Waals surface area contributed by atoms with Gasteiger partial charge in [-0.2, -0.15) is 0 Å². The average molecular weight is 248 g/mol. The van der Waals surface area contributed by atoms with E-state index in [1.165, 1.54) is 24.1 Å². The first-order chi connectivity index (χ1) is 8.60. The third-order valence-electron chi connectivity index (χ3n) is 3.70. The van der Waals surface area contributed by atoms with Crippen LogP contribution in [-0.4, -0.2) is 26.2 Å². The zero-order valence-electron chi connectivity index (χ0n) is 11.6. The Labute approximate surface area is 110 Å². The van der Waals surface area contributed by atoms with E-state index in [0.717, 1.165) is 24.8 Å². The number of anilines is 1. The first-order valence-electron chi connectivity index (χ1n) is 6.80. The van der Waals surface area contributed by atoms with Gasteiger partial charge in [0.2, 0.25) is 0 Å². The maximum Gasteiger partial charge on any atom is 0.122 e. The number of nitrogens with zero attached hydrogens (tertiary/aromatic N) is 1. The fourth-order valence-corrected chi connectivity index (χ4v) is 2.62. The van der Waals surface area contributed by atoms with E-state index < -0.39 is 0 Å². The second-order valence-electron chi connectivity index (χ2n) is 5.36. The van der Waals surface area contributed by atoms with Gasteiger partial charge in [-0.05, 0) is 56.4 Å². The summed E-state index contributed by atoms with van der Waals surface area (Å²) in [6, 6.07) is 6.84. The van der Waals surface area contributed by atoms with Crippen molar-refractivity contribution in [2.24, 2.45) is 11.7 Å². The highest BCUT2D eigenvalue weighted by molar-refractivity contribution is 5.52. The van der Waals surface area contributed by atoms with Crippen molar-refractivity contribution in [2.75, 3.05) is 25.1 Å². The molecule has 1 fully saturated rings. The van der Waals surface area contributed by atoms with Crippen LogP contribution in [0.2, 0.25) is 0 Å². The Hall–Kier alpha value is -1.22. The van der Waals surface area contributed by atoms with Crippen LogP contribution in [0.25, 0.3) is 0 Å². The predicted octanol–water partition coefficient (Wildman–Crippen LogP) is 2.57. The highest BCUT2D eigenvalue weighted by atomic mass is 16.5. The van der Waals surface area contributed by atoms with Crippen molar-refractivity contribution in [3.63, 3.8) is 0 Å². The van der Waals surface area contributed by atoms with Crippen molar-refractivity contribution in [3.8, 4) is 5.75 Å². The molecule has 3 nitrogen and oxygen atoms in total. The molecule has 0 heterocycles. The largest absolute Gasteiger partial charge is 0.494 e. The quantitative estimate of drug-likeness (QED) is 0.870. The SMILES string of the molecule is CCOc1ccc(N(C)CC2CC(N)C2)cc1C. The van der Waals surface area contributed by atoms with Crippen LogP contribution in [0.15, 0.2) is 18.2 Å². The normalized spacial score (nSPS) is 22.4. The lowest BCUT2D eigenvalue weighted by atomic mass is 9.80. The molecule has 0 spiro atoms. The number of hydrogen-bond acceptors (Lipinski definition) is 3. The van der Waals surface area contributed by atoms with Gasteiger partial charge in [0.05, 0.1) is 6.61 Å². The van der Waals surface area contributed by atoms with Gasteiger partial charge in [-0.3, -0.25) is 0 Å². The number of rotatable bonds is 5. The molecule has 0 aliphatic heterocycles. The van der Waals surface area contributed by atoms with Gasteiger partial charge in [0.15, 0.2) is 0 Å². The molecule has 18 heavy (non-hydrogen) atoms. The van der Waals surface area contributed by atoms with Crippen LogP contribution in [0.5, 0.6) is 5.75 Å². The fraction of sp³-hybridized carbons (Fsp3) is 0.600. The number of benzene rings is 1. The molecule has 100 valence electrons. The number of ether oxygens (including phenoxy) is 1. The fourth-order valence-electron chi connectivity index (χ4n) is 2.62. The summed E-state index contributed by atoms with van der Waals surface area (Å²) in [5.41, 5.74) is 8.29. The molecule has 3 heteroatoms. The second-order valence-corrected chi connectivity index (χ2v) is 5.36. The maximum absolute atomic E-state index is 5.83. The summed E-state index contributed by atoms with van der Waals surface area (Å²) in [4.78, 5) is 2.32. The molecule has 2 N–H and O–H groups in total. The molecule has 0 radical (unpaired) electrons. The van der Waals surface area contributed by atoms with Gasteiger partial charge in [0.1, 0.15) is 5.75 Å². The van der Waals surface area contributed by atoms with Gasteiger partial charge >= 0.3 is 0 Å². The molecule has 1 saturated carbocycles. The van der Waals surface area contributed by atoms with Crippen molar-refractivity contribution in [1.82, 2.24) is 0 Å². The molecular formula is C15H24N2O. The maximum atomic E-state index is 5.83. The van der Waals surface area contributed by atoms with E-state index in [-0.39, 0.29) is 0 Å². The minimum absolute atomic E-state index is 0.436. The van der Waals surface area contributed by atoms with Gasteiger partial charge in [-0.25, -0.2) is 0 Å². The summed E-state index contributed by atoms with van der Waals surface area (Å²) in [5, 5.41) is 0. The van der Waals surface area contributed by atoms with Crippen molar-refractivity contribution in [3.05, 3.63) is 23.8 Å². The molecule has 1 aliphatic carbocycles. The third kappa shape index (κ3) is 2.96. The predicted molar refractivity (Wildman–Crippen MR) is 76.3 cm³/mol. The van der Waals surface area contributed by atoms with Crippen LogP contribution < -0.4 is 15.4 Å². The minimum atomic E-state index is 0.436. The van der Waals surface area contributed by atoms with Gasteiger partial charge < -0.3 is 15.4 Å². The molecule has 1 aromatic carbocycles. The molecule has 1 aliphatic rings. The lowest BCUT2D eigenvalue weighted by Gasteiger charge is -2.36. The molecule has 0 unspecified atom stereocenters. The number of nitrogens with two attached hydrogens (primary N) is 1. The van der Waals surface area contributed by atoms with Crippen molar-refractivity contribution < 1.29 is 4.74 Å². The molecule has 0 amide bonds. The zero-order valence-corrected chi connectivity index (χ0v) is 11.6. The number of hydrogen-bond donors (Lipinski definition) is 1. The molecular weight excluding hydrogens is 224 g/mol. The Morgan fingerprint density at radius 2 is 2.11 bits per heavy atom. The highest BCUT2D eigenvalue weighted by Gasteiger charge is 2.26. The van der Waals surface area contributed by atoms with Crippen LogP contribution in [0.1, 0.15) is 25.3 Å². The summed E-state index contributed by atoms with van der Waals surface area (Å²) < 4.78 is 5.56. The Kier molecular flexibility index (Phi) is 4.12. The molecule has 0 bridgehead atoms. The Morgan fingerprint density at radius 3 is 2.67 bits per heavy atom. The van der Waals surface area contributed by atoms with Crippen molar-refractivity contribution in [1.29, 1.82) is 0 Å². The van der Waals surface area contributed by atoms with E-state index in [1.807, 2.05) is 6.92 Å². The first kappa shape index (κ1) is 13.2. The van der Waals surface area contributed by atoms with Gasteiger partial charge in [-0.1, -0.05) is 0 Å². The highest BCUT2D eigenvalue weighted by Crippen LogP contribution is 2.29. The lowest BCUT2D eigenvalue weighted by Crippen LogP contribution is -2.41. The summed E-state index contributed by atoms with van der Waals surface area (Å²) in [5.74, 6) is 1.75. The summed E-state index contributed by atoms with van der Waals surface area (Å²) in [7, 11) is 2.15. The summed E-state index contributed by atoms with van der Waals surface area (Å²) in [6.45, 7) is 5.93. The van der Waals surface area contributed by atoms with E-state index >= 15 is 0 Å². The topological polar surface area (TPSA) is 38.5 Å². The van der Waals surface area contributed by atoms with Crippen molar-refractivity contribution in [2.45, 2.75) is 32.7 Å². The lowest BCUT2D eigenvalue weighted by molar-refractivity contribution is 0.271. The van der Waals surface area contributed by atoms with E-state index in [9.17, 15) is 0 Å². The summed E-state index contributed by atoms with van der Waals surface area (Å²) >= 11 is 0. The minimum Gasteiger partial charge on any atom is -0.494 e. The molecule has 0 atom stereocenters. The second kappa shape index (κ2) is 5.61. The Bertz CT molecular complexity index is 399. The third-order valence-corrected chi connectivity index (χ3v) is 3.70. The van der Waals surface area contributed by atoms with E-state index in [2.05, 4.69) is 37.1 Å². The zero-order chi connectivity index (χ0) is 13.1. The van der Waals surface area contributed by atoms with E-state index in [4.69, 9.17) is 10.5 Å². The van der Waals surface area contributed by atoms with Gasteiger partial charge in [0, 0.05) is 25.3 Å². The van der Waals surface area contributed by atoms with Gasteiger partial charge in [0.25, 0.3) is 0 Å². The first-order valence-corrected chi connectivity index (χ1v) is 6.80. The van der Waals surface area contributed by atoms with E-state index in [0.29, 0.717) is 6.04 Å². The van der Waals surface area contributed by atoms with Crippen LogP contribution in [0.3, 0.4) is 0 Å². The van der Waals surface area contributed by atoms with Crippen LogP contribution >= 0.6 is 0 Å². The molecule has 0 saturated heterocycles. The number of aryl methyl sites for hydroxylation is 1. The molecule has 2 rings (SSSR count). The Balaban J connectivity index is 1.97. The van der Waals surface area contributed by atoms with Crippen LogP contribution in [0.4, 0.5) is 5.69 Å². The summed E-state index contributed by atoms with van der Waals surface area (Å²) in [6.07, 6.45) is 2.33.